The quantitative estimate of drug-likeness (QED) is 0.776. The summed E-state index contributed by atoms with van der Waals surface area (Å²) in [4.78, 5) is 17.5. The standard InChI is InChI=1S/C19H20N4O/c24-19(17-9-4-10-20-17)23-11-5-8-15(13-23)18-16(12-21-22-18)14-6-2-1-3-7-14/h1-4,6-7,9-10,12,15,20H,5,8,11,13H2,(H,21,22). The van der Waals surface area contributed by atoms with Gasteiger partial charge >= 0.3 is 0 Å². The summed E-state index contributed by atoms with van der Waals surface area (Å²) in [6.45, 7) is 1.53. The van der Waals surface area contributed by atoms with Gasteiger partial charge in [0.15, 0.2) is 0 Å². The zero-order valence-electron chi connectivity index (χ0n) is 13.4. The van der Waals surface area contributed by atoms with Gasteiger partial charge < -0.3 is 9.88 Å². The van der Waals surface area contributed by atoms with Crippen molar-refractivity contribution in [2.45, 2.75) is 18.8 Å². The van der Waals surface area contributed by atoms with E-state index in [1.165, 1.54) is 0 Å². The molecule has 3 aromatic rings. The summed E-state index contributed by atoms with van der Waals surface area (Å²) >= 11 is 0. The van der Waals surface area contributed by atoms with E-state index in [0.717, 1.165) is 42.8 Å². The molecule has 4 rings (SSSR count). The topological polar surface area (TPSA) is 64.8 Å². The second-order valence-electron chi connectivity index (χ2n) is 6.24. The van der Waals surface area contributed by atoms with Crippen LogP contribution in [0.4, 0.5) is 0 Å². The van der Waals surface area contributed by atoms with E-state index in [9.17, 15) is 4.79 Å². The number of aromatic nitrogens is 3. The molecule has 0 spiro atoms. The van der Waals surface area contributed by atoms with Crippen molar-refractivity contribution < 1.29 is 4.79 Å². The normalized spacial score (nSPS) is 17.8. The Kier molecular flexibility index (Phi) is 3.91. The average molecular weight is 320 g/mol. The maximum Gasteiger partial charge on any atom is 0.270 e. The number of likely N-dealkylation sites (tertiary alicyclic amines) is 1. The van der Waals surface area contributed by atoms with E-state index in [4.69, 9.17) is 0 Å². The smallest absolute Gasteiger partial charge is 0.270 e. The number of hydrogen-bond donors (Lipinski definition) is 2. The molecule has 1 aliphatic rings. The lowest BCUT2D eigenvalue weighted by atomic mass is 9.90. The molecular weight excluding hydrogens is 300 g/mol. The van der Waals surface area contributed by atoms with E-state index in [2.05, 4.69) is 27.3 Å². The number of piperidine rings is 1. The van der Waals surface area contributed by atoms with Crippen LogP contribution in [-0.2, 0) is 0 Å². The number of nitrogens with zero attached hydrogens (tertiary/aromatic N) is 2. The molecule has 0 bridgehead atoms. The van der Waals surface area contributed by atoms with Gasteiger partial charge in [0.25, 0.3) is 5.91 Å². The zero-order valence-corrected chi connectivity index (χ0v) is 13.4. The average Bonchev–Trinajstić information content (AvgIpc) is 3.34. The van der Waals surface area contributed by atoms with Gasteiger partial charge in [-0.1, -0.05) is 30.3 Å². The first-order valence-electron chi connectivity index (χ1n) is 8.34. The minimum absolute atomic E-state index is 0.0745. The van der Waals surface area contributed by atoms with Gasteiger partial charge in [0.2, 0.25) is 0 Å². The second-order valence-corrected chi connectivity index (χ2v) is 6.24. The molecule has 1 fully saturated rings. The number of aromatic amines is 2. The number of hydrogen-bond acceptors (Lipinski definition) is 2. The van der Waals surface area contributed by atoms with Crippen LogP contribution in [0.5, 0.6) is 0 Å². The highest BCUT2D eigenvalue weighted by molar-refractivity contribution is 5.92. The van der Waals surface area contributed by atoms with Gasteiger partial charge in [-0.25, -0.2) is 0 Å². The third kappa shape index (κ3) is 2.73. The molecule has 1 atom stereocenters. The number of rotatable bonds is 3. The van der Waals surface area contributed by atoms with Crippen LogP contribution < -0.4 is 0 Å². The Bertz CT molecular complexity index is 807. The molecule has 5 heteroatoms. The summed E-state index contributed by atoms with van der Waals surface area (Å²) in [7, 11) is 0. The molecule has 1 unspecified atom stereocenters. The maximum atomic E-state index is 12.6. The van der Waals surface area contributed by atoms with E-state index in [1.807, 2.05) is 41.4 Å². The number of nitrogens with one attached hydrogen (secondary N) is 2. The predicted octanol–water partition coefficient (Wildman–Crippen LogP) is 3.42. The number of benzene rings is 1. The molecule has 5 nitrogen and oxygen atoms in total. The van der Waals surface area contributed by atoms with Crippen LogP contribution in [-0.4, -0.2) is 39.1 Å². The van der Waals surface area contributed by atoms with Crippen LogP contribution in [0.15, 0.2) is 54.9 Å². The Hall–Kier alpha value is -2.82. The number of carbonyl (C=O) groups is 1. The summed E-state index contributed by atoms with van der Waals surface area (Å²) in [6.07, 6.45) is 5.74. The summed E-state index contributed by atoms with van der Waals surface area (Å²) < 4.78 is 0. The third-order valence-corrected chi connectivity index (χ3v) is 4.70. The minimum Gasteiger partial charge on any atom is -0.357 e. The lowest BCUT2D eigenvalue weighted by Gasteiger charge is -2.32. The molecule has 0 aliphatic carbocycles. The van der Waals surface area contributed by atoms with Crippen molar-refractivity contribution in [2.75, 3.05) is 13.1 Å². The molecule has 0 saturated carbocycles. The van der Waals surface area contributed by atoms with Crippen molar-refractivity contribution in [3.05, 3.63) is 66.2 Å². The first-order chi connectivity index (χ1) is 11.8. The van der Waals surface area contributed by atoms with Gasteiger partial charge in [-0.05, 0) is 30.5 Å². The SMILES string of the molecule is O=C(c1ccc[nH]1)N1CCCC(c2[nH]ncc2-c2ccccc2)C1. The van der Waals surface area contributed by atoms with Gasteiger partial charge in [0.1, 0.15) is 5.69 Å². The summed E-state index contributed by atoms with van der Waals surface area (Å²) in [5, 5.41) is 7.43. The van der Waals surface area contributed by atoms with Crippen LogP contribution in [0.3, 0.4) is 0 Å². The summed E-state index contributed by atoms with van der Waals surface area (Å²) in [6, 6.07) is 14.0. The number of H-pyrrole nitrogens is 2. The van der Waals surface area contributed by atoms with E-state index >= 15 is 0 Å². The van der Waals surface area contributed by atoms with Gasteiger partial charge in [-0.3, -0.25) is 9.89 Å². The van der Waals surface area contributed by atoms with Crippen LogP contribution in [0.2, 0.25) is 0 Å². The number of amides is 1. The lowest BCUT2D eigenvalue weighted by molar-refractivity contribution is 0.0700. The Morgan fingerprint density at radius 3 is 2.83 bits per heavy atom. The Morgan fingerprint density at radius 2 is 2.04 bits per heavy atom. The molecule has 0 radical (unpaired) electrons. The van der Waals surface area contributed by atoms with Crippen LogP contribution in [0, 0.1) is 0 Å². The number of carbonyl (C=O) groups excluding carboxylic acids is 1. The Morgan fingerprint density at radius 1 is 1.17 bits per heavy atom. The van der Waals surface area contributed by atoms with Gasteiger partial charge in [0, 0.05) is 36.5 Å². The molecule has 24 heavy (non-hydrogen) atoms. The van der Waals surface area contributed by atoms with E-state index in [1.54, 1.807) is 6.20 Å². The highest BCUT2D eigenvalue weighted by Gasteiger charge is 2.28. The van der Waals surface area contributed by atoms with Gasteiger partial charge in [-0.2, -0.15) is 5.10 Å². The van der Waals surface area contributed by atoms with E-state index in [0.29, 0.717) is 5.69 Å². The monoisotopic (exact) mass is 320 g/mol. The molecule has 2 aromatic heterocycles. The first kappa shape index (κ1) is 14.8. The minimum atomic E-state index is 0.0745. The maximum absolute atomic E-state index is 12.6. The predicted molar refractivity (Wildman–Crippen MR) is 92.7 cm³/mol. The third-order valence-electron chi connectivity index (χ3n) is 4.70. The zero-order chi connectivity index (χ0) is 16.4. The van der Waals surface area contributed by atoms with E-state index in [-0.39, 0.29) is 11.8 Å². The van der Waals surface area contributed by atoms with Crippen molar-refractivity contribution in [1.82, 2.24) is 20.1 Å². The molecule has 1 aromatic carbocycles. The highest BCUT2D eigenvalue weighted by Crippen LogP contribution is 2.33. The van der Waals surface area contributed by atoms with Crippen molar-refractivity contribution in [2.24, 2.45) is 0 Å². The van der Waals surface area contributed by atoms with Crippen molar-refractivity contribution in [3.8, 4) is 11.1 Å². The Balaban J connectivity index is 1.57. The van der Waals surface area contributed by atoms with Crippen molar-refractivity contribution >= 4 is 5.91 Å². The van der Waals surface area contributed by atoms with Gasteiger partial charge in [0.05, 0.1) is 6.20 Å². The fourth-order valence-electron chi connectivity index (χ4n) is 3.49. The van der Waals surface area contributed by atoms with Gasteiger partial charge in [-0.15, -0.1) is 0 Å². The molecule has 1 saturated heterocycles. The van der Waals surface area contributed by atoms with E-state index < -0.39 is 0 Å². The summed E-state index contributed by atoms with van der Waals surface area (Å²) in [5.41, 5.74) is 4.08. The lowest BCUT2D eigenvalue weighted by Crippen LogP contribution is -2.39. The van der Waals surface area contributed by atoms with Crippen LogP contribution >= 0.6 is 0 Å². The highest BCUT2D eigenvalue weighted by atomic mass is 16.2. The molecule has 1 amide bonds. The van der Waals surface area contributed by atoms with Crippen LogP contribution in [0.25, 0.3) is 11.1 Å². The van der Waals surface area contributed by atoms with Crippen molar-refractivity contribution in [1.29, 1.82) is 0 Å². The fraction of sp³-hybridized carbons (Fsp3) is 0.263. The molecule has 3 heterocycles. The Labute approximate surface area is 140 Å². The first-order valence-corrected chi connectivity index (χ1v) is 8.34. The summed E-state index contributed by atoms with van der Waals surface area (Å²) in [5.74, 6) is 0.362. The molecule has 2 N–H and O–H groups in total. The largest absolute Gasteiger partial charge is 0.357 e. The van der Waals surface area contributed by atoms with Crippen molar-refractivity contribution in [3.63, 3.8) is 0 Å². The van der Waals surface area contributed by atoms with Crippen LogP contribution in [0.1, 0.15) is 34.9 Å². The fourth-order valence-corrected chi connectivity index (χ4v) is 3.49. The second kappa shape index (κ2) is 6.35. The molecular formula is C19H20N4O. The molecule has 1 aliphatic heterocycles. The molecule has 122 valence electrons.